The van der Waals surface area contributed by atoms with Crippen LogP contribution in [-0.4, -0.2) is 26.9 Å². The van der Waals surface area contributed by atoms with Gasteiger partial charge in [0.2, 0.25) is 0 Å². The van der Waals surface area contributed by atoms with Crippen molar-refractivity contribution in [2.24, 2.45) is 0 Å². The summed E-state index contributed by atoms with van der Waals surface area (Å²) in [6, 6.07) is 7.13. The Morgan fingerprint density at radius 3 is 2.50 bits per heavy atom. The van der Waals surface area contributed by atoms with Crippen molar-refractivity contribution in [2.45, 2.75) is 6.42 Å². The molecular formula is C9H11AsBrNO2. The standard InChI is InChI=1S/C9H11AsBrNO2/c11-6-5-9(13)12-8-3-1-7(10-14)2-4-8/h1-4H,5-6,10H2,(H,12,13). The maximum absolute atomic E-state index is 11.2. The molecule has 1 N–H and O–H groups in total. The molecule has 1 rings (SSSR count). The van der Waals surface area contributed by atoms with Gasteiger partial charge in [0, 0.05) is 0 Å². The molecule has 14 heavy (non-hydrogen) atoms. The molecule has 0 radical (unpaired) electrons. The van der Waals surface area contributed by atoms with Crippen molar-refractivity contribution in [3.05, 3.63) is 24.3 Å². The first-order valence-electron chi connectivity index (χ1n) is 4.17. The number of amides is 1. The second-order valence-electron chi connectivity index (χ2n) is 2.73. The van der Waals surface area contributed by atoms with E-state index in [4.69, 9.17) is 0 Å². The SMILES string of the molecule is O=[AsH2]c1ccc(NC(=O)CCBr)cc1. The minimum atomic E-state index is -1.47. The molecule has 0 saturated carbocycles. The van der Waals surface area contributed by atoms with Crippen LogP contribution in [0.25, 0.3) is 0 Å². The average molecular weight is 320 g/mol. The summed E-state index contributed by atoms with van der Waals surface area (Å²) >= 11 is 1.72. The number of halogens is 1. The van der Waals surface area contributed by atoms with Gasteiger partial charge in [-0.2, -0.15) is 0 Å². The molecule has 76 valence electrons. The Kier molecular flexibility index (Phi) is 5.05. The van der Waals surface area contributed by atoms with Gasteiger partial charge in [0.05, 0.1) is 0 Å². The molecule has 0 saturated heterocycles. The predicted molar refractivity (Wildman–Crippen MR) is 62.3 cm³/mol. The van der Waals surface area contributed by atoms with E-state index >= 15 is 0 Å². The van der Waals surface area contributed by atoms with Gasteiger partial charge in [0.25, 0.3) is 0 Å². The number of hydrogen-bond donors (Lipinski definition) is 1. The Morgan fingerprint density at radius 1 is 1.36 bits per heavy atom. The molecular weight excluding hydrogens is 309 g/mol. The first-order valence-corrected chi connectivity index (χ1v) is 7.49. The Labute approximate surface area is 97.3 Å². The van der Waals surface area contributed by atoms with Gasteiger partial charge in [0.1, 0.15) is 0 Å². The van der Waals surface area contributed by atoms with Gasteiger partial charge < -0.3 is 0 Å². The van der Waals surface area contributed by atoms with Crippen LogP contribution < -0.4 is 9.67 Å². The van der Waals surface area contributed by atoms with Crippen molar-refractivity contribution in [2.75, 3.05) is 10.6 Å². The molecule has 0 aromatic heterocycles. The van der Waals surface area contributed by atoms with Crippen molar-refractivity contribution in [3.63, 3.8) is 0 Å². The Hall–Kier alpha value is -0.472. The van der Waals surface area contributed by atoms with E-state index in [1.165, 1.54) is 0 Å². The second kappa shape index (κ2) is 6.10. The third-order valence-corrected chi connectivity index (χ3v) is 3.43. The molecule has 0 aliphatic heterocycles. The number of benzene rings is 1. The molecule has 1 atom stereocenters. The van der Waals surface area contributed by atoms with Crippen molar-refractivity contribution in [3.8, 4) is 0 Å². The molecule has 0 fully saturated rings. The van der Waals surface area contributed by atoms with E-state index in [1.807, 2.05) is 0 Å². The van der Waals surface area contributed by atoms with Crippen molar-refractivity contribution < 1.29 is 8.53 Å². The van der Waals surface area contributed by atoms with Crippen LogP contribution in [0.15, 0.2) is 24.3 Å². The molecule has 0 heterocycles. The summed E-state index contributed by atoms with van der Waals surface area (Å²) in [6.07, 6.45) is 0.457. The van der Waals surface area contributed by atoms with Crippen LogP contribution in [-0.2, 0) is 8.53 Å². The molecule has 1 aromatic rings. The molecule has 0 bridgehead atoms. The van der Waals surface area contributed by atoms with Gasteiger partial charge in [-0.25, -0.2) is 0 Å². The third-order valence-electron chi connectivity index (χ3n) is 1.65. The average Bonchev–Trinajstić information content (AvgIpc) is 2.19. The summed E-state index contributed by atoms with van der Waals surface area (Å²) in [5.74, 6) is -0.0180. The Bertz CT molecular complexity index is 326. The number of carbonyl (C=O) groups is 1. The number of rotatable bonds is 4. The van der Waals surface area contributed by atoms with E-state index in [0.717, 1.165) is 10.0 Å². The van der Waals surface area contributed by atoms with Crippen molar-refractivity contribution in [1.29, 1.82) is 0 Å². The normalized spacial score (nSPS) is 10.6. The number of anilines is 1. The fourth-order valence-electron chi connectivity index (χ4n) is 0.954. The predicted octanol–water partition coefficient (Wildman–Crippen LogP) is 0.550. The van der Waals surface area contributed by atoms with Crippen molar-refractivity contribution >= 4 is 47.6 Å². The van der Waals surface area contributed by atoms with E-state index < -0.39 is 15.7 Å². The van der Waals surface area contributed by atoms with Crippen LogP contribution in [0.3, 0.4) is 0 Å². The van der Waals surface area contributed by atoms with Gasteiger partial charge in [-0.05, 0) is 0 Å². The van der Waals surface area contributed by atoms with E-state index in [2.05, 4.69) is 21.2 Å². The van der Waals surface area contributed by atoms with Crippen LogP contribution >= 0.6 is 15.9 Å². The number of carbonyl (C=O) groups excluding carboxylic acids is 1. The fraction of sp³-hybridized carbons (Fsp3) is 0.222. The fourth-order valence-corrected chi connectivity index (χ4v) is 2.05. The van der Waals surface area contributed by atoms with Gasteiger partial charge in [-0.1, -0.05) is 0 Å². The van der Waals surface area contributed by atoms with E-state index in [1.54, 1.807) is 24.3 Å². The summed E-state index contributed by atoms with van der Waals surface area (Å²) in [7, 11) is 0. The summed E-state index contributed by atoms with van der Waals surface area (Å²) in [4.78, 5) is 11.2. The summed E-state index contributed by atoms with van der Waals surface area (Å²) < 4.78 is 11.5. The van der Waals surface area contributed by atoms with Gasteiger partial charge in [0.15, 0.2) is 0 Å². The molecule has 1 amide bonds. The zero-order valence-corrected chi connectivity index (χ0v) is 11.5. The van der Waals surface area contributed by atoms with Crippen LogP contribution in [0.2, 0.25) is 0 Å². The van der Waals surface area contributed by atoms with Gasteiger partial charge in [-0.15, -0.1) is 0 Å². The van der Waals surface area contributed by atoms with Crippen LogP contribution in [0.5, 0.6) is 0 Å². The first-order chi connectivity index (χ1) is 6.76. The minimum absolute atomic E-state index is 0.0180. The van der Waals surface area contributed by atoms with Crippen molar-refractivity contribution in [1.82, 2.24) is 0 Å². The zero-order chi connectivity index (χ0) is 10.4. The van der Waals surface area contributed by atoms with E-state index in [9.17, 15) is 8.53 Å². The quantitative estimate of drug-likeness (QED) is 0.651. The van der Waals surface area contributed by atoms with Crippen LogP contribution in [0.1, 0.15) is 6.42 Å². The third kappa shape index (κ3) is 3.72. The van der Waals surface area contributed by atoms with E-state index in [0.29, 0.717) is 11.8 Å². The second-order valence-corrected chi connectivity index (χ2v) is 5.41. The summed E-state index contributed by atoms with van der Waals surface area (Å²) in [5.41, 5.74) is 0.755. The summed E-state index contributed by atoms with van der Waals surface area (Å²) in [5, 5.41) is 3.40. The molecule has 0 aliphatic rings. The monoisotopic (exact) mass is 319 g/mol. The molecule has 1 unspecified atom stereocenters. The number of hydrogen-bond acceptors (Lipinski definition) is 2. The topological polar surface area (TPSA) is 46.2 Å². The van der Waals surface area contributed by atoms with Gasteiger partial charge >= 0.3 is 97.4 Å². The van der Waals surface area contributed by atoms with Crippen LogP contribution in [0.4, 0.5) is 5.69 Å². The molecule has 1 aromatic carbocycles. The Morgan fingerprint density at radius 2 is 2.00 bits per heavy atom. The molecule has 5 heteroatoms. The van der Waals surface area contributed by atoms with Crippen LogP contribution in [0, 0.1) is 0 Å². The van der Waals surface area contributed by atoms with E-state index in [-0.39, 0.29) is 5.91 Å². The Balaban J connectivity index is 2.59. The number of nitrogens with one attached hydrogen (secondary N) is 1. The molecule has 0 aliphatic carbocycles. The molecule has 0 spiro atoms. The summed E-state index contributed by atoms with van der Waals surface area (Å²) in [6.45, 7) is 0. The number of alkyl halides is 1. The van der Waals surface area contributed by atoms with Gasteiger partial charge in [-0.3, -0.25) is 0 Å². The maximum atomic E-state index is 11.2. The first kappa shape index (κ1) is 11.6. The zero-order valence-electron chi connectivity index (χ0n) is 7.50. The molecule has 3 nitrogen and oxygen atoms in total.